The van der Waals surface area contributed by atoms with Crippen molar-refractivity contribution in [1.82, 2.24) is 4.90 Å². The summed E-state index contributed by atoms with van der Waals surface area (Å²) in [4.78, 5) is 2.67. The highest BCUT2D eigenvalue weighted by Gasteiger charge is 2.22. The predicted octanol–water partition coefficient (Wildman–Crippen LogP) is 3.84. The second-order valence-corrected chi connectivity index (χ2v) is 5.14. The minimum absolute atomic E-state index is 0.734. The number of hydrogen-bond donors (Lipinski definition) is 0. The molecule has 0 amide bonds. The van der Waals surface area contributed by atoms with Crippen molar-refractivity contribution in [3.8, 4) is 0 Å². The van der Waals surface area contributed by atoms with Crippen molar-refractivity contribution in [3.05, 3.63) is 35.9 Å². The lowest BCUT2D eigenvalue weighted by molar-refractivity contribution is 0.147. The highest BCUT2D eigenvalue weighted by Crippen LogP contribution is 2.23. The van der Waals surface area contributed by atoms with Gasteiger partial charge in [-0.1, -0.05) is 43.2 Å². The molecule has 1 saturated heterocycles. The Morgan fingerprint density at radius 2 is 1.56 bits per heavy atom. The average Bonchev–Trinajstić information content (AvgIpc) is 2.46. The van der Waals surface area contributed by atoms with Gasteiger partial charge in [0.05, 0.1) is 0 Å². The van der Waals surface area contributed by atoms with Crippen LogP contribution in [-0.4, -0.2) is 17.0 Å². The maximum absolute atomic E-state index is 2.67. The lowest BCUT2D eigenvalue weighted by Gasteiger charge is -2.32. The molecule has 0 bridgehead atoms. The molecule has 0 aromatic heterocycles. The molecule has 1 aromatic carbocycles. The van der Waals surface area contributed by atoms with E-state index in [1.807, 2.05) is 0 Å². The molecule has 0 unspecified atom stereocenters. The van der Waals surface area contributed by atoms with Crippen LogP contribution in [0.25, 0.3) is 0 Å². The monoisotopic (exact) mass is 217 g/mol. The van der Waals surface area contributed by atoms with Gasteiger partial charge in [-0.3, -0.25) is 4.90 Å². The summed E-state index contributed by atoms with van der Waals surface area (Å²) in [5.41, 5.74) is 1.45. The second kappa shape index (κ2) is 5.49. The van der Waals surface area contributed by atoms with Gasteiger partial charge in [0.15, 0.2) is 0 Å². The summed E-state index contributed by atoms with van der Waals surface area (Å²) in [5.74, 6) is 0. The topological polar surface area (TPSA) is 3.24 Å². The molecule has 1 aliphatic rings. The molecule has 16 heavy (non-hydrogen) atoms. The number of benzene rings is 1. The van der Waals surface area contributed by atoms with E-state index in [2.05, 4.69) is 49.1 Å². The Balaban J connectivity index is 2.06. The van der Waals surface area contributed by atoms with E-state index in [1.165, 1.54) is 31.2 Å². The number of hydrogen-bond acceptors (Lipinski definition) is 1. The van der Waals surface area contributed by atoms with Crippen LogP contribution in [0.3, 0.4) is 0 Å². The van der Waals surface area contributed by atoms with E-state index < -0.39 is 0 Å². The lowest BCUT2D eigenvalue weighted by atomic mass is 10.1. The van der Waals surface area contributed by atoms with Crippen LogP contribution < -0.4 is 0 Å². The summed E-state index contributed by atoms with van der Waals surface area (Å²) in [6.45, 7) is 5.87. The van der Waals surface area contributed by atoms with Crippen LogP contribution in [0.5, 0.6) is 0 Å². The standard InChI is InChI=1S/C15H23N/c1-13-8-6-7-9-14(2)16(13)12-15-10-4-3-5-11-15/h3-5,10-11,13-14H,6-9,12H2,1-2H3/t13-,14-/m1/s1. The fourth-order valence-corrected chi connectivity index (χ4v) is 2.75. The Morgan fingerprint density at radius 1 is 1.00 bits per heavy atom. The molecule has 2 atom stereocenters. The quantitative estimate of drug-likeness (QED) is 0.727. The molecular formula is C15H23N. The van der Waals surface area contributed by atoms with E-state index in [9.17, 15) is 0 Å². The molecule has 1 fully saturated rings. The summed E-state index contributed by atoms with van der Waals surface area (Å²) in [5, 5.41) is 0. The first kappa shape index (κ1) is 11.7. The minimum atomic E-state index is 0.734. The molecule has 1 heteroatoms. The van der Waals surface area contributed by atoms with Crippen molar-refractivity contribution < 1.29 is 0 Å². The molecular weight excluding hydrogens is 194 g/mol. The first-order chi connectivity index (χ1) is 7.77. The van der Waals surface area contributed by atoms with Gasteiger partial charge in [0.2, 0.25) is 0 Å². The van der Waals surface area contributed by atoms with Crippen molar-refractivity contribution in [3.63, 3.8) is 0 Å². The third kappa shape index (κ3) is 2.85. The van der Waals surface area contributed by atoms with Gasteiger partial charge >= 0.3 is 0 Å². The Hall–Kier alpha value is -0.820. The molecule has 1 aromatic rings. The SMILES string of the molecule is C[C@@H]1CCCC[C@@H](C)N1Cc1ccccc1. The minimum Gasteiger partial charge on any atom is -0.294 e. The maximum atomic E-state index is 2.67. The molecule has 0 aliphatic carbocycles. The summed E-state index contributed by atoms with van der Waals surface area (Å²) >= 11 is 0. The summed E-state index contributed by atoms with van der Waals surface area (Å²) in [6.07, 6.45) is 5.52. The average molecular weight is 217 g/mol. The first-order valence-corrected chi connectivity index (χ1v) is 6.57. The van der Waals surface area contributed by atoms with E-state index in [-0.39, 0.29) is 0 Å². The Bertz CT molecular complexity index is 294. The Kier molecular flexibility index (Phi) is 4.00. The highest BCUT2D eigenvalue weighted by molar-refractivity contribution is 5.14. The summed E-state index contributed by atoms with van der Waals surface area (Å²) in [6, 6.07) is 12.3. The van der Waals surface area contributed by atoms with Crippen molar-refractivity contribution >= 4 is 0 Å². The molecule has 1 aliphatic heterocycles. The van der Waals surface area contributed by atoms with Gasteiger partial charge in [0.25, 0.3) is 0 Å². The Labute approximate surface area is 99.5 Å². The zero-order valence-corrected chi connectivity index (χ0v) is 10.5. The molecule has 1 nitrogen and oxygen atoms in total. The lowest BCUT2D eigenvalue weighted by Crippen LogP contribution is -2.38. The fourth-order valence-electron chi connectivity index (χ4n) is 2.75. The second-order valence-electron chi connectivity index (χ2n) is 5.14. The Morgan fingerprint density at radius 3 is 2.12 bits per heavy atom. The third-order valence-electron chi connectivity index (χ3n) is 3.83. The molecule has 1 heterocycles. The third-order valence-corrected chi connectivity index (χ3v) is 3.83. The van der Waals surface area contributed by atoms with Gasteiger partial charge < -0.3 is 0 Å². The largest absolute Gasteiger partial charge is 0.294 e. The van der Waals surface area contributed by atoms with Crippen LogP contribution in [0.1, 0.15) is 45.1 Å². The molecule has 0 N–H and O–H groups in total. The van der Waals surface area contributed by atoms with Gasteiger partial charge in [-0.2, -0.15) is 0 Å². The normalized spacial score (nSPS) is 27.6. The van der Waals surface area contributed by atoms with Crippen molar-refractivity contribution in [2.24, 2.45) is 0 Å². The van der Waals surface area contributed by atoms with E-state index in [4.69, 9.17) is 0 Å². The van der Waals surface area contributed by atoms with Crippen LogP contribution in [-0.2, 0) is 6.54 Å². The van der Waals surface area contributed by atoms with Gasteiger partial charge in [0, 0.05) is 18.6 Å². The summed E-state index contributed by atoms with van der Waals surface area (Å²) < 4.78 is 0. The van der Waals surface area contributed by atoms with Crippen LogP contribution >= 0.6 is 0 Å². The van der Waals surface area contributed by atoms with Crippen molar-refractivity contribution in [2.75, 3.05) is 0 Å². The number of likely N-dealkylation sites (tertiary alicyclic amines) is 1. The van der Waals surface area contributed by atoms with E-state index in [1.54, 1.807) is 0 Å². The fraction of sp³-hybridized carbons (Fsp3) is 0.600. The molecule has 0 radical (unpaired) electrons. The molecule has 88 valence electrons. The maximum Gasteiger partial charge on any atom is 0.0239 e. The summed E-state index contributed by atoms with van der Waals surface area (Å²) in [7, 11) is 0. The van der Waals surface area contributed by atoms with Gasteiger partial charge in [-0.05, 0) is 32.3 Å². The van der Waals surface area contributed by atoms with E-state index in [0.717, 1.165) is 18.6 Å². The smallest absolute Gasteiger partial charge is 0.0239 e. The van der Waals surface area contributed by atoms with Crippen LogP contribution in [0.15, 0.2) is 30.3 Å². The van der Waals surface area contributed by atoms with Gasteiger partial charge in [-0.25, -0.2) is 0 Å². The number of nitrogens with zero attached hydrogens (tertiary/aromatic N) is 1. The molecule has 0 spiro atoms. The van der Waals surface area contributed by atoms with Gasteiger partial charge in [-0.15, -0.1) is 0 Å². The zero-order valence-electron chi connectivity index (χ0n) is 10.5. The first-order valence-electron chi connectivity index (χ1n) is 6.57. The number of rotatable bonds is 2. The van der Waals surface area contributed by atoms with Crippen molar-refractivity contribution in [2.45, 2.75) is 58.2 Å². The van der Waals surface area contributed by atoms with E-state index in [0.29, 0.717) is 0 Å². The zero-order chi connectivity index (χ0) is 11.4. The van der Waals surface area contributed by atoms with Crippen LogP contribution in [0.2, 0.25) is 0 Å². The van der Waals surface area contributed by atoms with Crippen LogP contribution in [0, 0.1) is 0 Å². The highest BCUT2D eigenvalue weighted by atomic mass is 15.2. The molecule has 2 rings (SSSR count). The van der Waals surface area contributed by atoms with E-state index >= 15 is 0 Å². The van der Waals surface area contributed by atoms with Crippen LogP contribution in [0.4, 0.5) is 0 Å². The molecule has 0 saturated carbocycles. The van der Waals surface area contributed by atoms with Gasteiger partial charge in [0.1, 0.15) is 0 Å². The predicted molar refractivity (Wildman–Crippen MR) is 69.4 cm³/mol. The van der Waals surface area contributed by atoms with Crippen molar-refractivity contribution in [1.29, 1.82) is 0 Å².